The molecule has 3 rings (SSSR count). The normalized spacial score (nSPS) is 18.9. The molecule has 0 fully saturated rings. The summed E-state index contributed by atoms with van der Waals surface area (Å²) in [5.41, 5.74) is 0.310. The van der Waals surface area contributed by atoms with Crippen molar-refractivity contribution in [2.24, 2.45) is 13.0 Å². The number of anilines is 1. The van der Waals surface area contributed by atoms with Crippen molar-refractivity contribution < 1.29 is 27.9 Å². The second-order valence-corrected chi connectivity index (χ2v) is 11.4. The summed E-state index contributed by atoms with van der Waals surface area (Å²) < 4.78 is 35.8. The maximum absolute atomic E-state index is 13.6. The summed E-state index contributed by atoms with van der Waals surface area (Å²) in [7, 11) is -0.654. The number of carbonyl (C=O) groups is 2. The highest BCUT2D eigenvalue weighted by molar-refractivity contribution is 7.92. The Labute approximate surface area is 217 Å². The molecule has 0 unspecified atom stereocenters. The number of aliphatic hydroxyl groups excluding tert-OH is 1. The second kappa shape index (κ2) is 11.4. The first-order chi connectivity index (χ1) is 17.3. The molecule has 204 valence electrons. The van der Waals surface area contributed by atoms with E-state index in [0.717, 1.165) is 0 Å². The summed E-state index contributed by atoms with van der Waals surface area (Å²) in [5.74, 6) is -0.315. The maximum atomic E-state index is 13.6. The van der Waals surface area contributed by atoms with Gasteiger partial charge in [0.25, 0.3) is 15.9 Å². The molecule has 37 heavy (non-hydrogen) atoms. The van der Waals surface area contributed by atoms with Crippen LogP contribution in [0.25, 0.3) is 0 Å². The van der Waals surface area contributed by atoms with E-state index >= 15 is 0 Å². The third-order valence-corrected chi connectivity index (χ3v) is 7.35. The molecular weight excluding hydrogens is 500 g/mol. The SMILES string of the molecule is CC(C)NC(=O)N(C)C[C@@H]1Oc2ccc(NS(=O)(=O)c3cn(C)cn3)cc2C(=O)N([C@@H](C)CO)C[C@H]1C. The van der Waals surface area contributed by atoms with Gasteiger partial charge in [0.15, 0.2) is 5.03 Å². The topological polar surface area (TPSA) is 146 Å². The average molecular weight is 537 g/mol. The smallest absolute Gasteiger partial charge is 0.317 e. The van der Waals surface area contributed by atoms with E-state index in [1.165, 1.54) is 40.2 Å². The summed E-state index contributed by atoms with van der Waals surface area (Å²) in [5, 5.41) is 12.5. The van der Waals surface area contributed by atoms with Crippen LogP contribution < -0.4 is 14.8 Å². The Hall–Kier alpha value is -3.32. The van der Waals surface area contributed by atoms with Crippen molar-refractivity contribution in [1.82, 2.24) is 24.7 Å². The fourth-order valence-corrected chi connectivity index (χ4v) is 4.98. The van der Waals surface area contributed by atoms with Gasteiger partial charge in [0.05, 0.1) is 31.1 Å². The van der Waals surface area contributed by atoms with Gasteiger partial charge in [0.1, 0.15) is 11.9 Å². The molecule has 3 N–H and O–H groups in total. The zero-order chi connectivity index (χ0) is 27.5. The van der Waals surface area contributed by atoms with Gasteiger partial charge in [0.2, 0.25) is 0 Å². The maximum Gasteiger partial charge on any atom is 0.317 e. The van der Waals surface area contributed by atoms with Gasteiger partial charge < -0.3 is 29.5 Å². The van der Waals surface area contributed by atoms with Crippen molar-refractivity contribution in [3.05, 3.63) is 36.3 Å². The number of aryl methyl sites for hydroxylation is 1. The fourth-order valence-electron chi connectivity index (χ4n) is 3.95. The zero-order valence-corrected chi connectivity index (χ0v) is 22.8. The van der Waals surface area contributed by atoms with E-state index in [4.69, 9.17) is 4.74 Å². The molecule has 0 aliphatic carbocycles. The van der Waals surface area contributed by atoms with Gasteiger partial charge in [-0.2, -0.15) is 8.42 Å². The minimum Gasteiger partial charge on any atom is -0.487 e. The highest BCUT2D eigenvalue weighted by Crippen LogP contribution is 2.31. The molecule has 1 aromatic heterocycles. The molecule has 13 heteroatoms. The third kappa shape index (κ3) is 6.72. The first-order valence-electron chi connectivity index (χ1n) is 12.1. The lowest BCUT2D eigenvalue weighted by Crippen LogP contribution is -2.51. The monoisotopic (exact) mass is 536 g/mol. The number of hydrogen-bond donors (Lipinski definition) is 3. The predicted octanol–water partition coefficient (Wildman–Crippen LogP) is 1.49. The molecule has 3 amide bonds. The molecule has 3 atom stereocenters. The molecule has 1 aliphatic rings. The molecule has 0 saturated heterocycles. The van der Waals surface area contributed by atoms with Crippen LogP contribution in [0.3, 0.4) is 0 Å². The average Bonchev–Trinajstić information content (AvgIpc) is 3.27. The Morgan fingerprint density at radius 1 is 1.32 bits per heavy atom. The first-order valence-corrected chi connectivity index (χ1v) is 13.6. The Kier molecular flexibility index (Phi) is 8.69. The van der Waals surface area contributed by atoms with Crippen LogP contribution in [0.4, 0.5) is 10.5 Å². The number of amides is 3. The number of sulfonamides is 1. The highest BCUT2D eigenvalue weighted by Gasteiger charge is 2.34. The van der Waals surface area contributed by atoms with Crippen molar-refractivity contribution in [1.29, 1.82) is 0 Å². The van der Waals surface area contributed by atoms with Crippen molar-refractivity contribution in [2.45, 2.75) is 50.9 Å². The Balaban J connectivity index is 1.96. The number of urea groups is 1. The molecule has 0 saturated carbocycles. The number of carbonyl (C=O) groups excluding carboxylic acids is 2. The summed E-state index contributed by atoms with van der Waals surface area (Å²) in [4.78, 5) is 33.0. The number of nitrogens with one attached hydrogen (secondary N) is 2. The number of ether oxygens (including phenoxy) is 1. The van der Waals surface area contributed by atoms with Gasteiger partial charge in [-0.15, -0.1) is 0 Å². The zero-order valence-electron chi connectivity index (χ0n) is 22.0. The summed E-state index contributed by atoms with van der Waals surface area (Å²) >= 11 is 0. The van der Waals surface area contributed by atoms with Gasteiger partial charge in [-0.3, -0.25) is 9.52 Å². The van der Waals surface area contributed by atoms with E-state index in [1.807, 2.05) is 20.8 Å². The number of aromatic nitrogens is 2. The van der Waals surface area contributed by atoms with Crippen molar-refractivity contribution in [2.75, 3.05) is 31.5 Å². The number of hydrogen-bond acceptors (Lipinski definition) is 7. The molecular formula is C24H36N6O6S. The lowest BCUT2D eigenvalue weighted by atomic mass is 9.99. The van der Waals surface area contributed by atoms with Crippen LogP contribution in [-0.2, 0) is 17.1 Å². The van der Waals surface area contributed by atoms with Gasteiger partial charge in [0, 0.05) is 44.5 Å². The van der Waals surface area contributed by atoms with Crippen LogP contribution in [0.1, 0.15) is 38.1 Å². The number of aliphatic hydroxyl groups is 1. The standard InChI is InChI=1S/C24H36N6O6S/c1-15(2)26-24(33)29(6)11-21-16(3)10-30(17(4)13-31)23(32)19-9-18(7-8-20(19)36-21)27-37(34,35)22-12-28(5)14-25-22/h7-9,12,14-17,21,27,31H,10-11,13H2,1-6H3,(H,26,33)/t16-,17+,21+/m1/s1. The van der Waals surface area contributed by atoms with Gasteiger partial charge >= 0.3 is 6.03 Å². The lowest BCUT2D eigenvalue weighted by Gasteiger charge is -2.38. The van der Waals surface area contributed by atoms with Crippen LogP contribution in [-0.4, -0.2) is 89.7 Å². The molecule has 2 heterocycles. The molecule has 2 aromatic rings. The quantitative estimate of drug-likeness (QED) is 0.463. The first kappa shape index (κ1) is 28.3. The van der Waals surface area contributed by atoms with E-state index < -0.39 is 28.1 Å². The van der Waals surface area contributed by atoms with Gasteiger partial charge in [-0.25, -0.2) is 9.78 Å². The molecule has 12 nitrogen and oxygen atoms in total. The van der Waals surface area contributed by atoms with Crippen LogP contribution >= 0.6 is 0 Å². The van der Waals surface area contributed by atoms with Crippen molar-refractivity contribution >= 4 is 27.6 Å². The van der Waals surface area contributed by atoms with E-state index in [2.05, 4.69) is 15.0 Å². The molecule has 1 aromatic carbocycles. The number of rotatable bonds is 8. The number of imidazole rings is 1. The van der Waals surface area contributed by atoms with Crippen molar-refractivity contribution in [3.63, 3.8) is 0 Å². The third-order valence-electron chi connectivity index (χ3n) is 6.09. The Morgan fingerprint density at radius 3 is 2.62 bits per heavy atom. The minimum absolute atomic E-state index is 0.0295. The number of nitrogens with zero attached hydrogens (tertiary/aromatic N) is 4. The molecule has 1 aliphatic heterocycles. The number of likely N-dealkylation sites (N-methyl/N-ethyl adjacent to an activating group) is 1. The minimum atomic E-state index is -3.98. The number of fused-ring (bicyclic) bond motifs is 1. The summed E-state index contributed by atoms with van der Waals surface area (Å²) in [6, 6.07) is 3.69. The van der Waals surface area contributed by atoms with E-state index in [-0.39, 0.29) is 59.7 Å². The van der Waals surface area contributed by atoms with Gasteiger partial charge in [-0.1, -0.05) is 6.92 Å². The second-order valence-electron chi connectivity index (χ2n) is 9.80. The predicted molar refractivity (Wildman–Crippen MR) is 138 cm³/mol. The van der Waals surface area contributed by atoms with E-state index in [1.54, 1.807) is 25.9 Å². The summed E-state index contributed by atoms with van der Waals surface area (Å²) in [6.45, 7) is 7.67. The Morgan fingerprint density at radius 2 is 2.03 bits per heavy atom. The van der Waals surface area contributed by atoms with E-state index in [0.29, 0.717) is 0 Å². The molecule has 0 spiro atoms. The number of benzene rings is 1. The lowest BCUT2D eigenvalue weighted by molar-refractivity contribution is 0.0366. The molecule has 0 radical (unpaired) electrons. The van der Waals surface area contributed by atoms with Crippen LogP contribution in [0, 0.1) is 5.92 Å². The van der Waals surface area contributed by atoms with Gasteiger partial charge in [-0.05, 0) is 39.0 Å². The van der Waals surface area contributed by atoms with Crippen LogP contribution in [0.15, 0.2) is 35.7 Å². The van der Waals surface area contributed by atoms with Crippen LogP contribution in [0.5, 0.6) is 5.75 Å². The van der Waals surface area contributed by atoms with E-state index in [9.17, 15) is 23.1 Å². The largest absolute Gasteiger partial charge is 0.487 e. The molecule has 0 bridgehead atoms. The Bertz CT molecular complexity index is 1230. The fraction of sp³-hybridized carbons (Fsp3) is 0.542. The van der Waals surface area contributed by atoms with Crippen LogP contribution in [0.2, 0.25) is 0 Å². The summed E-state index contributed by atoms with van der Waals surface area (Å²) in [6.07, 6.45) is 2.27. The highest BCUT2D eigenvalue weighted by atomic mass is 32.2. The van der Waals surface area contributed by atoms with Crippen molar-refractivity contribution in [3.8, 4) is 5.75 Å².